The van der Waals surface area contributed by atoms with Gasteiger partial charge in [0, 0.05) is 11.9 Å². The first-order valence-corrected chi connectivity index (χ1v) is 8.44. The predicted molar refractivity (Wildman–Crippen MR) is 99.0 cm³/mol. The summed E-state index contributed by atoms with van der Waals surface area (Å²) in [5.41, 5.74) is 4.04. The molecule has 0 radical (unpaired) electrons. The number of aromatic nitrogens is 1. The third-order valence-electron chi connectivity index (χ3n) is 4.24. The largest absolute Gasteiger partial charge is 0.324 e. The molecule has 4 heteroatoms. The second-order valence-electron chi connectivity index (χ2n) is 6.62. The summed E-state index contributed by atoms with van der Waals surface area (Å²) in [5.74, 6) is 0.288. The highest BCUT2D eigenvalue weighted by Crippen LogP contribution is 2.23. The van der Waals surface area contributed by atoms with Crippen LogP contribution in [0.15, 0.2) is 42.6 Å². The quantitative estimate of drug-likeness (QED) is 0.843. The molecular weight excluding hydrogens is 298 g/mol. The van der Waals surface area contributed by atoms with Gasteiger partial charge in [-0.25, -0.2) is 0 Å². The average molecular weight is 325 g/mol. The average Bonchev–Trinajstić information content (AvgIpc) is 2.55. The number of carbonyl (C=O) groups is 1. The predicted octanol–water partition coefficient (Wildman–Crippen LogP) is 4.01. The van der Waals surface area contributed by atoms with Gasteiger partial charge >= 0.3 is 0 Å². The molecule has 2 unspecified atom stereocenters. The van der Waals surface area contributed by atoms with Crippen LogP contribution in [0.2, 0.25) is 0 Å². The second-order valence-corrected chi connectivity index (χ2v) is 6.62. The van der Waals surface area contributed by atoms with Gasteiger partial charge in [-0.3, -0.25) is 15.1 Å². The summed E-state index contributed by atoms with van der Waals surface area (Å²) >= 11 is 0. The number of pyridine rings is 1. The van der Waals surface area contributed by atoms with Crippen molar-refractivity contribution in [3.8, 4) is 0 Å². The smallest absolute Gasteiger partial charge is 0.241 e. The van der Waals surface area contributed by atoms with Crippen molar-refractivity contribution in [2.45, 2.75) is 46.7 Å². The molecule has 1 amide bonds. The first-order chi connectivity index (χ1) is 11.4. The molecule has 24 heavy (non-hydrogen) atoms. The minimum Gasteiger partial charge on any atom is -0.324 e. The molecule has 2 rings (SSSR count). The number of benzene rings is 1. The summed E-state index contributed by atoms with van der Waals surface area (Å²) in [4.78, 5) is 17.1. The lowest BCUT2D eigenvalue weighted by atomic mass is 9.96. The first kappa shape index (κ1) is 18.1. The number of hydrogen-bond acceptors (Lipinski definition) is 3. The van der Waals surface area contributed by atoms with Crippen LogP contribution < -0.4 is 10.6 Å². The summed E-state index contributed by atoms with van der Waals surface area (Å²) in [6.45, 7) is 10.2. The molecule has 1 heterocycles. The summed E-state index contributed by atoms with van der Waals surface area (Å²) < 4.78 is 0. The zero-order chi connectivity index (χ0) is 17.7. The second kappa shape index (κ2) is 8.06. The number of nitrogens with zero attached hydrogens (tertiary/aromatic N) is 1. The number of nitrogens with one attached hydrogen (secondary N) is 2. The Labute approximate surface area is 144 Å². The van der Waals surface area contributed by atoms with Crippen molar-refractivity contribution in [3.63, 3.8) is 0 Å². The maximum atomic E-state index is 12.5. The highest BCUT2D eigenvalue weighted by molar-refractivity contribution is 5.95. The summed E-state index contributed by atoms with van der Waals surface area (Å²) in [6.07, 6.45) is 1.80. The lowest BCUT2D eigenvalue weighted by Gasteiger charge is -2.27. The maximum Gasteiger partial charge on any atom is 0.241 e. The molecule has 2 aromatic rings. The van der Waals surface area contributed by atoms with Crippen molar-refractivity contribution in [2.24, 2.45) is 5.92 Å². The van der Waals surface area contributed by atoms with Crippen molar-refractivity contribution < 1.29 is 4.79 Å². The van der Waals surface area contributed by atoms with E-state index in [0.29, 0.717) is 5.92 Å². The molecule has 128 valence electrons. The van der Waals surface area contributed by atoms with E-state index in [9.17, 15) is 4.79 Å². The van der Waals surface area contributed by atoms with Gasteiger partial charge in [-0.15, -0.1) is 0 Å². The third-order valence-corrected chi connectivity index (χ3v) is 4.24. The van der Waals surface area contributed by atoms with Crippen molar-refractivity contribution in [2.75, 3.05) is 5.32 Å². The van der Waals surface area contributed by atoms with Gasteiger partial charge in [-0.05, 0) is 49.9 Å². The number of rotatable bonds is 6. The number of aryl methyl sites for hydroxylation is 2. The van der Waals surface area contributed by atoms with E-state index < -0.39 is 0 Å². The number of para-hydroxylation sites is 1. The van der Waals surface area contributed by atoms with E-state index in [1.165, 1.54) is 0 Å². The van der Waals surface area contributed by atoms with E-state index in [1.807, 2.05) is 44.2 Å². The molecule has 2 N–H and O–H groups in total. The van der Waals surface area contributed by atoms with Gasteiger partial charge in [0.15, 0.2) is 0 Å². The third kappa shape index (κ3) is 4.42. The Bertz CT molecular complexity index is 697. The van der Waals surface area contributed by atoms with Gasteiger partial charge in [0.25, 0.3) is 0 Å². The van der Waals surface area contributed by atoms with Crippen LogP contribution in [-0.4, -0.2) is 16.9 Å². The molecule has 0 saturated heterocycles. The minimum absolute atomic E-state index is 0.0313. The fourth-order valence-electron chi connectivity index (χ4n) is 2.71. The van der Waals surface area contributed by atoms with E-state index in [-0.39, 0.29) is 18.0 Å². The molecular formula is C20H27N3O. The standard InChI is InChI=1S/C20H27N3O/c1-13(2)18(19-15(4)10-8-12-21-19)22-16(5)20(24)23-17-11-7-6-9-14(17)3/h6-13,16,18,22H,1-5H3,(H,23,24). The Morgan fingerprint density at radius 1 is 1.00 bits per heavy atom. The van der Waals surface area contributed by atoms with Crippen molar-refractivity contribution in [1.29, 1.82) is 0 Å². The molecule has 0 fully saturated rings. The van der Waals surface area contributed by atoms with Gasteiger partial charge in [-0.2, -0.15) is 0 Å². The highest BCUT2D eigenvalue weighted by Gasteiger charge is 2.24. The maximum absolute atomic E-state index is 12.5. The SMILES string of the molecule is Cc1ccccc1NC(=O)C(C)NC(c1ncccc1C)C(C)C. The highest BCUT2D eigenvalue weighted by atomic mass is 16.2. The van der Waals surface area contributed by atoms with Crippen LogP contribution in [0, 0.1) is 19.8 Å². The fourth-order valence-corrected chi connectivity index (χ4v) is 2.71. The Morgan fingerprint density at radius 3 is 2.29 bits per heavy atom. The van der Waals surface area contributed by atoms with Gasteiger partial charge in [0.2, 0.25) is 5.91 Å². The van der Waals surface area contributed by atoms with Crippen LogP contribution in [0.1, 0.15) is 43.6 Å². The molecule has 0 aliphatic carbocycles. The van der Waals surface area contributed by atoms with Crippen LogP contribution >= 0.6 is 0 Å². The Balaban J connectivity index is 2.11. The first-order valence-electron chi connectivity index (χ1n) is 8.44. The van der Waals surface area contributed by atoms with Crippen LogP contribution in [0.3, 0.4) is 0 Å². The van der Waals surface area contributed by atoms with Crippen LogP contribution in [0.4, 0.5) is 5.69 Å². The minimum atomic E-state index is -0.321. The summed E-state index contributed by atoms with van der Waals surface area (Å²) in [5, 5.41) is 6.44. The fraction of sp³-hybridized carbons (Fsp3) is 0.400. The van der Waals surface area contributed by atoms with Crippen molar-refractivity contribution in [1.82, 2.24) is 10.3 Å². The number of anilines is 1. The number of hydrogen-bond donors (Lipinski definition) is 2. The van der Waals surface area contributed by atoms with Crippen LogP contribution in [0.25, 0.3) is 0 Å². The van der Waals surface area contributed by atoms with Crippen LogP contribution in [-0.2, 0) is 4.79 Å². The van der Waals surface area contributed by atoms with Crippen molar-refractivity contribution in [3.05, 3.63) is 59.4 Å². The Morgan fingerprint density at radius 2 is 1.67 bits per heavy atom. The number of amides is 1. The molecule has 0 aliphatic heterocycles. The molecule has 2 atom stereocenters. The zero-order valence-electron chi connectivity index (χ0n) is 15.1. The summed E-state index contributed by atoms with van der Waals surface area (Å²) in [7, 11) is 0. The molecule has 1 aromatic heterocycles. The van der Waals surface area contributed by atoms with Gasteiger partial charge in [0.05, 0.1) is 17.8 Å². The Kier molecular flexibility index (Phi) is 6.10. The van der Waals surface area contributed by atoms with Crippen LogP contribution in [0.5, 0.6) is 0 Å². The van der Waals surface area contributed by atoms with Gasteiger partial charge in [0.1, 0.15) is 0 Å². The van der Waals surface area contributed by atoms with E-state index in [2.05, 4.69) is 42.5 Å². The topological polar surface area (TPSA) is 54.0 Å². The van der Waals surface area contributed by atoms with Crippen molar-refractivity contribution >= 4 is 11.6 Å². The zero-order valence-corrected chi connectivity index (χ0v) is 15.1. The van der Waals surface area contributed by atoms with E-state index in [4.69, 9.17) is 0 Å². The molecule has 0 spiro atoms. The molecule has 4 nitrogen and oxygen atoms in total. The van der Waals surface area contributed by atoms with Gasteiger partial charge < -0.3 is 5.32 Å². The lowest BCUT2D eigenvalue weighted by molar-refractivity contribution is -0.118. The molecule has 1 aromatic carbocycles. The van der Waals surface area contributed by atoms with E-state index >= 15 is 0 Å². The normalized spacial score (nSPS) is 13.6. The van der Waals surface area contributed by atoms with E-state index in [1.54, 1.807) is 6.20 Å². The monoisotopic (exact) mass is 325 g/mol. The Hall–Kier alpha value is -2.20. The van der Waals surface area contributed by atoms with Gasteiger partial charge in [-0.1, -0.05) is 38.1 Å². The summed E-state index contributed by atoms with van der Waals surface area (Å²) in [6, 6.07) is 11.5. The molecule has 0 saturated carbocycles. The molecule has 0 aliphatic rings. The molecule has 0 bridgehead atoms. The van der Waals surface area contributed by atoms with E-state index in [0.717, 1.165) is 22.5 Å². The number of carbonyl (C=O) groups excluding carboxylic acids is 1. The lowest BCUT2D eigenvalue weighted by Crippen LogP contribution is -2.42.